The Labute approximate surface area is 642 Å². The van der Waals surface area contributed by atoms with Crippen LogP contribution in [0.5, 0.6) is 0 Å². The van der Waals surface area contributed by atoms with Crippen LogP contribution < -0.4 is 110 Å². The molecule has 1 rings (SSSR count). The number of aliphatic imine (C=N–C) groups is 2. The number of primary amides is 2. The van der Waals surface area contributed by atoms with Crippen LogP contribution in [0, 0.1) is 29.6 Å². The number of aliphatic hydroxyl groups is 1. The van der Waals surface area contributed by atoms with Crippen LogP contribution in [0.25, 0.3) is 0 Å². The first-order valence-corrected chi connectivity index (χ1v) is 37.3. The second-order valence-electron chi connectivity index (χ2n) is 28.6. The number of aliphatic hydroxyl groups excluding tert-OH is 1. The minimum Gasteiger partial charge on any atom is -0.481 e. The maximum Gasteiger partial charge on any atom is 0.305 e. The van der Waals surface area contributed by atoms with Gasteiger partial charge in [0.05, 0.1) is 25.6 Å². The Morgan fingerprint density at radius 3 is 1.28 bits per heavy atom. The molecule has 0 aliphatic carbocycles. The van der Waals surface area contributed by atoms with E-state index in [9.17, 15) is 82.1 Å². The number of nitrogens with two attached hydrogens (primary N) is 8. The molecule has 0 aliphatic rings. The van der Waals surface area contributed by atoms with Crippen molar-refractivity contribution in [2.24, 2.45) is 85.4 Å². The van der Waals surface area contributed by atoms with Crippen molar-refractivity contribution in [1.82, 2.24) is 63.8 Å². The minimum absolute atomic E-state index is 0.0165. The third-order valence-electron chi connectivity index (χ3n) is 17.6. The van der Waals surface area contributed by atoms with E-state index in [0.717, 1.165) is 0 Å². The molecule has 0 radical (unpaired) electrons. The molecule has 0 heterocycles. The number of unbranched alkanes of at least 4 members (excludes halogenated alkanes) is 1. The standard InChI is InChI=1S/C71H124N22O17/c1-11-40(9)56(93-62(103)45(24-19-29-81-71(78)79)86-69(110)57(41(10)12-2)92-59(100)43(73)22-16-17-27-72)68(109)82-35-54(96)83-48(31-38(5)6)63(104)89-50(33-42-20-14-13-15-21-42)65(106)90-51(34-55(97)98)66(107)85-46(25-26-53(74)95)61(102)88-49(32-39(7)8)64(105)91-52(36-94)67(108)84-44(23-18-28-80-70(76)77)60(101)87-47(58(75)99)30-37(3)4/h13-15,20-21,37-41,43-52,56-57,94H,11-12,16-19,22-36,72-73H2,1-10H3,(H2,74,95)(H2,75,99)(H,82,109)(H,83,96)(H,84,108)(H,85,107)(H,86,110)(H,87,101)(H,88,102)(H,89,104)(H,90,106)(H,91,105)(H,92,100)(H,93,103)(H,97,98)(H4,76,77,80)(H4,78,79,81)/t40-,41-,43-,44-,45-,46-,47-,48-,49-,50-,51-,52-,56-,57-/m0/s1. The molecule has 0 bridgehead atoms. The number of carboxylic acids is 1. The number of hydrogen-bond donors (Lipinski definition) is 22. The highest BCUT2D eigenvalue weighted by Gasteiger charge is 2.38. The van der Waals surface area contributed by atoms with Crippen LogP contribution in [0.2, 0.25) is 0 Å². The third-order valence-corrected chi connectivity index (χ3v) is 17.6. The Morgan fingerprint density at radius 2 is 0.818 bits per heavy atom. The third kappa shape index (κ3) is 39.2. The van der Waals surface area contributed by atoms with Crippen LogP contribution in [0.4, 0.5) is 0 Å². The number of aliphatic carboxylic acids is 1. The second-order valence-corrected chi connectivity index (χ2v) is 28.6. The van der Waals surface area contributed by atoms with Gasteiger partial charge in [-0.1, -0.05) is 119 Å². The van der Waals surface area contributed by atoms with Gasteiger partial charge in [-0.15, -0.1) is 0 Å². The number of rotatable bonds is 55. The molecule has 0 aromatic heterocycles. The number of amides is 14. The molecule has 0 unspecified atom stereocenters. The molecule has 110 heavy (non-hydrogen) atoms. The van der Waals surface area contributed by atoms with Crippen LogP contribution in [-0.4, -0.2) is 216 Å². The first-order chi connectivity index (χ1) is 51.7. The van der Waals surface area contributed by atoms with E-state index < -0.39 is 205 Å². The van der Waals surface area contributed by atoms with Crippen molar-refractivity contribution in [2.75, 3.05) is 32.8 Å². The van der Waals surface area contributed by atoms with Gasteiger partial charge in [0.25, 0.3) is 0 Å². The smallest absolute Gasteiger partial charge is 0.305 e. The monoisotopic (exact) mass is 1560 g/mol. The summed E-state index contributed by atoms with van der Waals surface area (Å²) in [7, 11) is 0. The fourth-order valence-corrected chi connectivity index (χ4v) is 11.1. The highest BCUT2D eigenvalue weighted by atomic mass is 16.4. The van der Waals surface area contributed by atoms with Gasteiger partial charge in [0.1, 0.15) is 66.5 Å². The predicted octanol–water partition coefficient (Wildman–Crippen LogP) is -5.31. The number of carbonyl (C=O) groups excluding carboxylic acids is 14. The normalized spacial score (nSPS) is 15.0. The number of benzene rings is 1. The highest BCUT2D eigenvalue weighted by molar-refractivity contribution is 6.00. The molecule has 14 atom stereocenters. The molecule has 0 aliphatic heterocycles. The lowest BCUT2D eigenvalue weighted by molar-refractivity contribution is -0.141. The summed E-state index contributed by atoms with van der Waals surface area (Å²) in [6.45, 7) is 16.0. The summed E-state index contributed by atoms with van der Waals surface area (Å²) in [6.07, 6.45) is -0.194. The van der Waals surface area contributed by atoms with E-state index in [2.05, 4.69) is 73.8 Å². The molecule has 620 valence electrons. The van der Waals surface area contributed by atoms with Gasteiger partial charge >= 0.3 is 5.97 Å². The molecule has 14 amide bonds. The maximum absolute atomic E-state index is 14.6. The summed E-state index contributed by atoms with van der Waals surface area (Å²) in [4.78, 5) is 214. The van der Waals surface area contributed by atoms with Crippen molar-refractivity contribution >= 4 is 101 Å². The maximum atomic E-state index is 14.6. The largest absolute Gasteiger partial charge is 0.481 e. The van der Waals surface area contributed by atoms with Crippen molar-refractivity contribution in [3.63, 3.8) is 0 Å². The molecule has 0 saturated heterocycles. The molecule has 39 heteroatoms. The molecule has 0 spiro atoms. The lowest BCUT2D eigenvalue weighted by Crippen LogP contribution is -2.61. The van der Waals surface area contributed by atoms with Gasteiger partial charge in [0, 0.05) is 25.9 Å². The van der Waals surface area contributed by atoms with Crippen molar-refractivity contribution in [3.8, 4) is 0 Å². The van der Waals surface area contributed by atoms with E-state index in [1.807, 2.05) is 6.92 Å². The molecule has 30 N–H and O–H groups in total. The SMILES string of the molecule is CC[C@H](C)[C@H](NC(=O)[C@H](CCCN=C(N)N)NC(=O)[C@@H](NC(=O)[C@@H](N)CCCCN)[C@@H](C)CC)C(=O)NCC(=O)N[C@@H](CC(C)C)C(=O)N[C@@H](Cc1ccccc1)C(=O)N[C@@H](CC(=O)O)C(=O)N[C@@H](CCC(N)=O)C(=O)N[C@@H](CC(C)C)C(=O)N[C@@H](CO)C(=O)N[C@@H](CCCN=C(N)N)C(=O)N[C@@H](CC(C)C)C(N)=O. The van der Waals surface area contributed by atoms with Gasteiger partial charge < -0.3 is 120 Å². The van der Waals surface area contributed by atoms with Crippen LogP contribution in [-0.2, 0) is 78.3 Å². The molecule has 1 aromatic carbocycles. The van der Waals surface area contributed by atoms with E-state index in [-0.39, 0.29) is 94.1 Å². The van der Waals surface area contributed by atoms with Gasteiger partial charge in [-0.25, -0.2) is 0 Å². The summed E-state index contributed by atoms with van der Waals surface area (Å²) in [5.74, 6) is -17.0. The van der Waals surface area contributed by atoms with Crippen molar-refractivity contribution in [2.45, 2.75) is 244 Å². The lowest BCUT2D eigenvalue weighted by Gasteiger charge is -2.29. The summed E-state index contributed by atoms with van der Waals surface area (Å²) < 4.78 is 0. The van der Waals surface area contributed by atoms with E-state index in [4.69, 9.17) is 45.9 Å². The van der Waals surface area contributed by atoms with Crippen molar-refractivity contribution in [1.29, 1.82) is 0 Å². The van der Waals surface area contributed by atoms with Gasteiger partial charge in [-0.3, -0.25) is 81.9 Å². The van der Waals surface area contributed by atoms with Crippen LogP contribution in [0.1, 0.15) is 171 Å². The van der Waals surface area contributed by atoms with E-state index >= 15 is 0 Å². The Morgan fingerprint density at radius 1 is 0.427 bits per heavy atom. The average Bonchev–Trinajstić information content (AvgIpc) is 0.497. The number of hydrogen-bond acceptors (Lipinski definition) is 20. The average molecular weight is 1560 g/mol. The molecule has 0 saturated carbocycles. The molecule has 1 aromatic rings. The Kier molecular flexibility index (Phi) is 46.1. The van der Waals surface area contributed by atoms with E-state index in [1.165, 1.54) is 0 Å². The number of carboxylic acid groups (broad SMARTS) is 1. The lowest BCUT2D eigenvalue weighted by atomic mass is 9.96. The van der Waals surface area contributed by atoms with Crippen molar-refractivity contribution < 1.29 is 82.1 Å². The van der Waals surface area contributed by atoms with Gasteiger partial charge in [0.15, 0.2) is 11.9 Å². The van der Waals surface area contributed by atoms with Crippen LogP contribution in [0.3, 0.4) is 0 Å². The van der Waals surface area contributed by atoms with Gasteiger partial charge in [0.2, 0.25) is 82.7 Å². The second kappa shape index (κ2) is 51.9. The predicted molar refractivity (Wildman–Crippen MR) is 409 cm³/mol. The first kappa shape index (κ1) is 97.7. The number of nitrogens with zero attached hydrogens (tertiary/aromatic N) is 2. The molecular weight excluding hydrogens is 1430 g/mol. The zero-order chi connectivity index (χ0) is 83.5. The van der Waals surface area contributed by atoms with Crippen LogP contribution in [0.15, 0.2) is 40.3 Å². The number of nitrogens with one attached hydrogen (secondary N) is 12. The Balaban J connectivity index is 3.63. The van der Waals surface area contributed by atoms with E-state index in [0.29, 0.717) is 44.2 Å². The zero-order valence-corrected chi connectivity index (χ0v) is 65.1. The Bertz CT molecular complexity index is 3240. The number of guanidine groups is 2. The Hall–Kier alpha value is -10.3. The zero-order valence-electron chi connectivity index (χ0n) is 65.1. The van der Waals surface area contributed by atoms with Crippen LogP contribution >= 0.6 is 0 Å². The minimum atomic E-state index is -2.03. The number of carbonyl (C=O) groups is 15. The molecule has 0 fully saturated rings. The fourth-order valence-electron chi connectivity index (χ4n) is 11.1. The highest BCUT2D eigenvalue weighted by Crippen LogP contribution is 2.16. The summed E-state index contributed by atoms with van der Waals surface area (Å²) >= 11 is 0. The fraction of sp³-hybridized carbons (Fsp3) is 0.676. The van der Waals surface area contributed by atoms with Gasteiger partial charge in [-0.05, 0) is 106 Å². The molecule has 39 nitrogen and oxygen atoms in total. The van der Waals surface area contributed by atoms with Gasteiger partial charge in [-0.2, -0.15) is 0 Å². The molecular formula is C71H124N22O17. The topological polar surface area (TPSA) is 674 Å². The van der Waals surface area contributed by atoms with Crippen molar-refractivity contribution in [3.05, 3.63) is 35.9 Å². The summed E-state index contributed by atoms with van der Waals surface area (Å²) in [6, 6.07) is -9.33. The summed E-state index contributed by atoms with van der Waals surface area (Å²) in [5.41, 5.74) is 45.2. The quantitative estimate of drug-likeness (QED) is 0.0165. The van der Waals surface area contributed by atoms with E-state index in [1.54, 1.807) is 92.6 Å². The first-order valence-electron chi connectivity index (χ1n) is 37.3. The summed E-state index contributed by atoms with van der Waals surface area (Å²) in [5, 5.41) is 50.9.